The van der Waals surface area contributed by atoms with E-state index in [0.717, 1.165) is 6.42 Å². The van der Waals surface area contributed by atoms with Crippen molar-refractivity contribution < 1.29 is 9.90 Å². The Kier molecular flexibility index (Phi) is 4.58. The predicted molar refractivity (Wildman–Crippen MR) is 39.9 cm³/mol. The molecule has 1 unspecified atom stereocenters. The van der Waals surface area contributed by atoms with Gasteiger partial charge in [0.15, 0.2) is 0 Å². The second kappa shape index (κ2) is 4.99. The molecule has 0 fully saturated rings. The number of carboxylic acid groups (broad SMARTS) is 1. The summed E-state index contributed by atoms with van der Waals surface area (Å²) in [5.74, 6) is -0.823. The first-order chi connectivity index (χ1) is 4.66. The molecule has 0 bridgehead atoms. The van der Waals surface area contributed by atoms with Gasteiger partial charge in [0.2, 0.25) is 0 Å². The third kappa shape index (κ3) is 5.31. The Hall–Kier alpha value is -0.830. The van der Waals surface area contributed by atoms with Crippen LogP contribution in [0.25, 0.3) is 0 Å². The molecule has 0 aromatic rings. The van der Waals surface area contributed by atoms with Gasteiger partial charge in [0.05, 0.1) is 6.54 Å². The maximum Gasteiger partial charge on any atom is 0.317 e. The van der Waals surface area contributed by atoms with Gasteiger partial charge in [-0.1, -0.05) is 6.08 Å². The molecular weight excluding hydrogens is 130 g/mol. The molecule has 0 aromatic carbocycles. The molecule has 0 spiro atoms. The van der Waals surface area contributed by atoms with Gasteiger partial charge in [-0.25, -0.2) is 0 Å². The summed E-state index contributed by atoms with van der Waals surface area (Å²) in [4.78, 5) is 10.0. The van der Waals surface area contributed by atoms with Crippen molar-refractivity contribution in [3.8, 4) is 0 Å². The molecule has 0 saturated carbocycles. The van der Waals surface area contributed by atoms with Crippen LogP contribution in [-0.4, -0.2) is 23.7 Å². The lowest BCUT2D eigenvalue weighted by Crippen LogP contribution is -2.30. The molecule has 0 aromatic heterocycles. The summed E-state index contributed by atoms with van der Waals surface area (Å²) in [6, 6.07) is 0.202. The molecule has 1 atom stereocenters. The van der Waals surface area contributed by atoms with Gasteiger partial charge in [-0.05, 0) is 13.3 Å². The van der Waals surface area contributed by atoms with E-state index in [-0.39, 0.29) is 12.6 Å². The van der Waals surface area contributed by atoms with E-state index < -0.39 is 5.97 Å². The largest absolute Gasteiger partial charge is 0.480 e. The average Bonchev–Trinajstić information content (AvgIpc) is 1.85. The van der Waals surface area contributed by atoms with Crippen LogP contribution in [-0.2, 0) is 4.79 Å². The summed E-state index contributed by atoms with van der Waals surface area (Å²) in [6.07, 6.45) is 2.56. The third-order valence-electron chi connectivity index (χ3n) is 1.12. The Morgan fingerprint density at radius 2 is 2.50 bits per heavy atom. The molecular formula is C7H13NO2. The van der Waals surface area contributed by atoms with Crippen molar-refractivity contribution in [2.24, 2.45) is 0 Å². The first-order valence-corrected chi connectivity index (χ1v) is 3.23. The molecule has 3 nitrogen and oxygen atoms in total. The van der Waals surface area contributed by atoms with Crippen LogP contribution in [0.5, 0.6) is 0 Å². The van der Waals surface area contributed by atoms with E-state index in [1.165, 1.54) is 0 Å². The van der Waals surface area contributed by atoms with Gasteiger partial charge in [0, 0.05) is 6.04 Å². The Balaban J connectivity index is 3.29. The van der Waals surface area contributed by atoms with E-state index in [2.05, 4.69) is 11.9 Å². The number of rotatable bonds is 5. The highest BCUT2D eigenvalue weighted by Gasteiger charge is 2.00. The van der Waals surface area contributed by atoms with Crippen molar-refractivity contribution in [3.63, 3.8) is 0 Å². The summed E-state index contributed by atoms with van der Waals surface area (Å²) in [7, 11) is 0. The molecule has 2 N–H and O–H groups in total. The molecule has 58 valence electrons. The van der Waals surface area contributed by atoms with E-state index in [0.29, 0.717) is 0 Å². The van der Waals surface area contributed by atoms with E-state index in [9.17, 15) is 4.79 Å². The standard InChI is InChI=1S/C7H13NO2/c1-3-4-6(2)8-5-7(9)10/h3,6,8H,1,4-5H2,2H3,(H,9,10). The lowest BCUT2D eigenvalue weighted by Gasteiger charge is -2.07. The van der Waals surface area contributed by atoms with Crippen LogP contribution in [0.4, 0.5) is 0 Å². The van der Waals surface area contributed by atoms with Crippen LogP contribution in [0.15, 0.2) is 12.7 Å². The van der Waals surface area contributed by atoms with Gasteiger partial charge in [-0.15, -0.1) is 6.58 Å². The van der Waals surface area contributed by atoms with E-state index in [1.54, 1.807) is 6.08 Å². The normalized spacial score (nSPS) is 12.5. The SMILES string of the molecule is C=CCC(C)NCC(=O)O. The minimum absolute atomic E-state index is 0.0228. The molecule has 0 aliphatic rings. The monoisotopic (exact) mass is 143 g/mol. The summed E-state index contributed by atoms with van der Waals surface area (Å²) >= 11 is 0. The number of hydrogen-bond donors (Lipinski definition) is 2. The molecule has 0 saturated heterocycles. The maximum atomic E-state index is 10.0. The molecule has 0 amide bonds. The van der Waals surface area contributed by atoms with Gasteiger partial charge in [-0.2, -0.15) is 0 Å². The third-order valence-corrected chi connectivity index (χ3v) is 1.12. The van der Waals surface area contributed by atoms with Crippen LogP contribution in [0.3, 0.4) is 0 Å². The molecule has 0 aliphatic heterocycles. The topological polar surface area (TPSA) is 49.3 Å². The highest BCUT2D eigenvalue weighted by molar-refractivity contribution is 5.69. The van der Waals surface area contributed by atoms with Gasteiger partial charge in [0.25, 0.3) is 0 Å². The lowest BCUT2D eigenvalue weighted by molar-refractivity contribution is -0.136. The van der Waals surface area contributed by atoms with Gasteiger partial charge in [0.1, 0.15) is 0 Å². The quantitative estimate of drug-likeness (QED) is 0.555. The fourth-order valence-corrected chi connectivity index (χ4v) is 0.595. The van der Waals surface area contributed by atoms with Crippen LogP contribution in [0.2, 0.25) is 0 Å². The number of carbonyl (C=O) groups is 1. The Bertz CT molecular complexity index is 123. The minimum Gasteiger partial charge on any atom is -0.480 e. The number of nitrogens with one attached hydrogen (secondary N) is 1. The first kappa shape index (κ1) is 9.17. The molecule has 0 radical (unpaired) electrons. The number of aliphatic carboxylic acids is 1. The van der Waals surface area contributed by atoms with Crippen LogP contribution in [0.1, 0.15) is 13.3 Å². The van der Waals surface area contributed by atoms with Gasteiger partial charge in [-0.3, -0.25) is 4.79 Å². The van der Waals surface area contributed by atoms with Gasteiger partial charge < -0.3 is 10.4 Å². The highest BCUT2D eigenvalue weighted by atomic mass is 16.4. The van der Waals surface area contributed by atoms with E-state index >= 15 is 0 Å². The van der Waals surface area contributed by atoms with Crippen molar-refractivity contribution in [3.05, 3.63) is 12.7 Å². The van der Waals surface area contributed by atoms with E-state index in [1.807, 2.05) is 6.92 Å². The second-order valence-corrected chi connectivity index (χ2v) is 2.20. The smallest absolute Gasteiger partial charge is 0.317 e. The fourth-order valence-electron chi connectivity index (χ4n) is 0.595. The van der Waals surface area contributed by atoms with Crippen molar-refractivity contribution in [1.29, 1.82) is 0 Å². The Morgan fingerprint density at radius 3 is 2.90 bits per heavy atom. The summed E-state index contributed by atoms with van der Waals surface area (Å²) in [6.45, 7) is 5.48. The summed E-state index contributed by atoms with van der Waals surface area (Å²) in [5, 5.41) is 11.1. The molecule has 0 rings (SSSR count). The number of hydrogen-bond acceptors (Lipinski definition) is 2. The highest BCUT2D eigenvalue weighted by Crippen LogP contribution is 1.88. The zero-order chi connectivity index (χ0) is 7.98. The van der Waals surface area contributed by atoms with Crippen molar-refractivity contribution in [1.82, 2.24) is 5.32 Å². The predicted octanol–water partition coefficient (Wildman–Crippen LogP) is 0.625. The zero-order valence-electron chi connectivity index (χ0n) is 6.13. The summed E-state index contributed by atoms with van der Waals surface area (Å²) in [5.41, 5.74) is 0. The summed E-state index contributed by atoms with van der Waals surface area (Å²) < 4.78 is 0. The number of carboxylic acids is 1. The van der Waals surface area contributed by atoms with E-state index in [4.69, 9.17) is 5.11 Å². The Morgan fingerprint density at radius 1 is 1.90 bits per heavy atom. The molecule has 10 heavy (non-hydrogen) atoms. The lowest BCUT2D eigenvalue weighted by atomic mass is 10.2. The van der Waals surface area contributed by atoms with Crippen molar-refractivity contribution in [2.45, 2.75) is 19.4 Å². The first-order valence-electron chi connectivity index (χ1n) is 3.23. The second-order valence-electron chi connectivity index (χ2n) is 2.20. The van der Waals surface area contributed by atoms with Crippen LogP contribution >= 0.6 is 0 Å². The van der Waals surface area contributed by atoms with Crippen LogP contribution < -0.4 is 5.32 Å². The molecule has 0 aliphatic carbocycles. The van der Waals surface area contributed by atoms with Crippen molar-refractivity contribution in [2.75, 3.05) is 6.54 Å². The fraction of sp³-hybridized carbons (Fsp3) is 0.571. The van der Waals surface area contributed by atoms with Gasteiger partial charge >= 0.3 is 5.97 Å². The maximum absolute atomic E-state index is 10.0. The minimum atomic E-state index is -0.823. The molecule has 3 heteroatoms. The molecule has 0 heterocycles. The zero-order valence-corrected chi connectivity index (χ0v) is 6.13. The van der Waals surface area contributed by atoms with Crippen LogP contribution in [0, 0.1) is 0 Å². The van der Waals surface area contributed by atoms with Crippen molar-refractivity contribution >= 4 is 5.97 Å². The average molecular weight is 143 g/mol. The Labute approximate surface area is 60.7 Å².